The van der Waals surface area contributed by atoms with Crippen LogP contribution < -0.4 is 0 Å². The molecular weight excluding hydrogens is 348 g/mol. The molecule has 0 amide bonds. The largest absolute Gasteiger partial charge is 0.358 e. The van der Waals surface area contributed by atoms with Crippen molar-refractivity contribution in [1.29, 1.82) is 0 Å². The zero-order chi connectivity index (χ0) is 19.3. The number of aryl methyl sites for hydroxylation is 2. The number of rotatable bonds is 4. The Morgan fingerprint density at radius 3 is 1.56 bits per heavy atom. The molecule has 136 valence electrons. The fourth-order valence-electron chi connectivity index (χ4n) is 3.60. The average molecular weight is 364 g/mol. The minimum absolute atomic E-state index is 0.0361. The van der Waals surface area contributed by atoms with Gasteiger partial charge in [0.05, 0.1) is 9.85 Å². The summed E-state index contributed by atoms with van der Waals surface area (Å²) in [5.74, 6) is 0. The molecule has 0 aliphatic carbocycles. The van der Waals surface area contributed by atoms with Gasteiger partial charge in [0.15, 0.2) is 0 Å². The molecule has 0 aliphatic heterocycles. The van der Waals surface area contributed by atoms with Crippen molar-refractivity contribution < 1.29 is 9.85 Å². The summed E-state index contributed by atoms with van der Waals surface area (Å²) in [6.45, 7) is 3.85. The molecule has 0 aliphatic rings. The van der Waals surface area contributed by atoms with Crippen molar-refractivity contribution in [3.63, 3.8) is 0 Å². The first-order valence-electron chi connectivity index (χ1n) is 8.36. The van der Waals surface area contributed by atoms with E-state index in [1.165, 1.54) is 12.1 Å². The van der Waals surface area contributed by atoms with Crippen LogP contribution in [-0.4, -0.2) is 19.8 Å². The van der Waals surface area contributed by atoms with Gasteiger partial charge in [0.1, 0.15) is 0 Å². The molecule has 0 atom stereocenters. The lowest BCUT2D eigenvalue weighted by atomic mass is 9.99. The number of aromatic nitrogens is 2. The molecule has 4 rings (SSSR count). The van der Waals surface area contributed by atoms with Crippen LogP contribution in [0, 0.1) is 34.1 Å². The molecule has 0 bridgehead atoms. The van der Waals surface area contributed by atoms with E-state index >= 15 is 0 Å². The van der Waals surface area contributed by atoms with Gasteiger partial charge in [0.2, 0.25) is 0 Å². The highest BCUT2D eigenvalue weighted by molar-refractivity contribution is 5.90. The first-order valence-corrected chi connectivity index (χ1v) is 8.36. The summed E-state index contributed by atoms with van der Waals surface area (Å²) in [5.41, 5.74) is 5.47. The van der Waals surface area contributed by atoms with Crippen molar-refractivity contribution in [2.45, 2.75) is 20.3 Å². The summed E-state index contributed by atoms with van der Waals surface area (Å²) in [6.07, 6.45) is 0.514. The summed E-state index contributed by atoms with van der Waals surface area (Å²) >= 11 is 0. The molecule has 2 aromatic carbocycles. The second-order valence-corrected chi connectivity index (χ2v) is 6.61. The van der Waals surface area contributed by atoms with Gasteiger partial charge in [-0.05, 0) is 37.1 Å². The van der Waals surface area contributed by atoms with E-state index in [-0.39, 0.29) is 11.4 Å². The number of nitro benzene ring substituents is 2. The summed E-state index contributed by atoms with van der Waals surface area (Å²) < 4.78 is 0. The summed E-state index contributed by atoms with van der Waals surface area (Å²) in [4.78, 5) is 28.0. The second-order valence-electron chi connectivity index (χ2n) is 6.61. The first kappa shape index (κ1) is 16.8. The summed E-state index contributed by atoms with van der Waals surface area (Å²) in [6, 6.07) is 9.50. The van der Waals surface area contributed by atoms with Crippen LogP contribution >= 0.6 is 0 Å². The summed E-state index contributed by atoms with van der Waals surface area (Å²) in [7, 11) is 0. The maximum Gasteiger partial charge on any atom is 0.270 e. The monoisotopic (exact) mass is 364 g/mol. The Bertz CT molecular complexity index is 1140. The number of aromatic amines is 2. The zero-order valence-electron chi connectivity index (χ0n) is 14.7. The zero-order valence-corrected chi connectivity index (χ0v) is 14.7. The Kier molecular flexibility index (Phi) is 3.69. The SMILES string of the molecule is Cc1[nH]c2ccc([N+](=O)[O-])cc2c1Cc1c(C)[nH]c2ccc([N+](=O)[O-])cc12. The van der Waals surface area contributed by atoms with Crippen LogP contribution in [0.3, 0.4) is 0 Å². The number of benzene rings is 2. The van der Waals surface area contributed by atoms with Crippen LogP contribution in [0.2, 0.25) is 0 Å². The molecule has 0 saturated heterocycles. The molecule has 0 spiro atoms. The fraction of sp³-hybridized carbons (Fsp3) is 0.158. The van der Waals surface area contributed by atoms with Crippen molar-refractivity contribution in [3.8, 4) is 0 Å². The van der Waals surface area contributed by atoms with E-state index < -0.39 is 9.85 Å². The Morgan fingerprint density at radius 1 is 0.778 bits per heavy atom. The molecule has 8 heteroatoms. The number of fused-ring (bicyclic) bond motifs is 2. The minimum Gasteiger partial charge on any atom is -0.358 e. The predicted octanol–water partition coefficient (Wildman–Crippen LogP) is 4.67. The van der Waals surface area contributed by atoms with Crippen LogP contribution in [0.25, 0.3) is 21.8 Å². The molecule has 2 heterocycles. The highest BCUT2D eigenvalue weighted by atomic mass is 16.6. The molecule has 0 saturated carbocycles. The minimum atomic E-state index is -0.411. The number of non-ortho nitro benzene ring substituents is 2. The van der Waals surface area contributed by atoms with Crippen molar-refractivity contribution in [1.82, 2.24) is 9.97 Å². The molecule has 8 nitrogen and oxygen atoms in total. The third-order valence-electron chi connectivity index (χ3n) is 4.98. The van der Waals surface area contributed by atoms with Gasteiger partial charge in [0, 0.05) is 63.9 Å². The van der Waals surface area contributed by atoms with Gasteiger partial charge < -0.3 is 9.97 Å². The quantitative estimate of drug-likeness (QED) is 0.404. The van der Waals surface area contributed by atoms with E-state index in [0.29, 0.717) is 6.42 Å². The van der Waals surface area contributed by atoms with Crippen molar-refractivity contribution >= 4 is 33.2 Å². The lowest BCUT2D eigenvalue weighted by molar-refractivity contribution is -0.384. The first-order chi connectivity index (χ1) is 12.8. The van der Waals surface area contributed by atoms with Gasteiger partial charge in [-0.25, -0.2) is 0 Å². The molecular formula is C19H16N4O4. The lowest BCUT2D eigenvalue weighted by Gasteiger charge is -2.04. The molecule has 2 N–H and O–H groups in total. The normalized spacial score (nSPS) is 11.3. The highest BCUT2D eigenvalue weighted by Crippen LogP contribution is 2.32. The van der Waals surface area contributed by atoms with E-state index in [1.54, 1.807) is 24.3 Å². The second kappa shape index (κ2) is 5.94. The number of nitro groups is 2. The van der Waals surface area contributed by atoms with Gasteiger partial charge in [-0.2, -0.15) is 0 Å². The Morgan fingerprint density at radius 2 is 1.19 bits per heavy atom. The van der Waals surface area contributed by atoms with E-state index in [0.717, 1.165) is 44.3 Å². The highest BCUT2D eigenvalue weighted by Gasteiger charge is 2.18. The lowest BCUT2D eigenvalue weighted by Crippen LogP contribution is -1.93. The maximum atomic E-state index is 11.1. The molecule has 27 heavy (non-hydrogen) atoms. The van der Waals surface area contributed by atoms with Crippen LogP contribution in [-0.2, 0) is 6.42 Å². The van der Waals surface area contributed by atoms with Crippen LogP contribution in [0.15, 0.2) is 36.4 Å². The van der Waals surface area contributed by atoms with E-state index in [9.17, 15) is 20.2 Å². The topological polar surface area (TPSA) is 118 Å². The molecule has 0 fully saturated rings. The Hall–Kier alpha value is -3.68. The molecule has 0 unspecified atom stereocenters. The molecule has 0 radical (unpaired) electrons. The Labute approximate surface area is 153 Å². The number of hydrogen-bond acceptors (Lipinski definition) is 4. The fourth-order valence-corrected chi connectivity index (χ4v) is 3.60. The summed E-state index contributed by atoms with van der Waals surface area (Å²) in [5, 5.41) is 23.9. The van der Waals surface area contributed by atoms with Crippen molar-refractivity contribution in [2.24, 2.45) is 0 Å². The number of H-pyrrole nitrogens is 2. The smallest absolute Gasteiger partial charge is 0.270 e. The number of nitrogens with zero attached hydrogens (tertiary/aromatic N) is 2. The number of hydrogen-bond donors (Lipinski definition) is 2. The Balaban J connectivity index is 1.89. The van der Waals surface area contributed by atoms with Crippen LogP contribution in [0.4, 0.5) is 11.4 Å². The van der Waals surface area contributed by atoms with E-state index in [1.807, 2.05) is 13.8 Å². The third kappa shape index (κ3) is 2.71. The van der Waals surface area contributed by atoms with E-state index in [2.05, 4.69) is 9.97 Å². The molecule has 2 aromatic heterocycles. The maximum absolute atomic E-state index is 11.1. The number of nitrogens with one attached hydrogen (secondary N) is 2. The van der Waals surface area contributed by atoms with Gasteiger partial charge in [-0.1, -0.05) is 0 Å². The predicted molar refractivity (Wildman–Crippen MR) is 102 cm³/mol. The standard InChI is InChI=1S/C19H16N4O4/c1-10-14(16-7-12(22(24)25)3-5-18(16)20-10)9-15-11(2)21-19-6-4-13(23(26)27)8-17(15)19/h3-8,20-21H,9H2,1-2H3. The van der Waals surface area contributed by atoms with Crippen molar-refractivity contribution in [3.05, 3.63) is 79.1 Å². The van der Waals surface area contributed by atoms with Gasteiger partial charge in [0.25, 0.3) is 11.4 Å². The average Bonchev–Trinajstić information content (AvgIpc) is 3.10. The van der Waals surface area contributed by atoms with Crippen LogP contribution in [0.1, 0.15) is 22.5 Å². The van der Waals surface area contributed by atoms with Gasteiger partial charge in [-0.15, -0.1) is 0 Å². The van der Waals surface area contributed by atoms with Gasteiger partial charge in [-0.3, -0.25) is 20.2 Å². The van der Waals surface area contributed by atoms with Crippen molar-refractivity contribution in [2.75, 3.05) is 0 Å². The molecule has 4 aromatic rings. The van der Waals surface area contributed by atoms with E-state index in [4.69, 9.17) is 0 Å². The third-order valence-corrected chi connectivity index (χ3v) is 4.98. The van der Waals surface area contributed by atoms with Gasteiger partial charge >= 0.3 is 0 Å². The van der Waals surface area contributed by atoms with Crippen LogP contribution in [0.5, 0.6) is 0 Å².